The number of phenols is 1. The third-order valence-electron chi connectivity index (χ3n) is 6.87. The minimum absolute atomic E-state index is 0. The van der Waals surface area contributed by atoms with Crippen molar-refractivity contribution in [2.75, 3.05) is 59.2 Å². The molecule has 8 nitrogen and oxygen atoms in total. The lowest BCUT2D eigenvalue weighted by molar-refractivity contribution is 0.0527. The molecule has 1 fully saturated rings. The minimum atomic E-state index is -0.363. The summed E-state index contributed by atoms with van der Waals surface area (Å²) in [6.45, 7) is 7.90. The highest BCUT2D eigenvalue weighted by atomic mass is 79.9. The number of benzene rings is 2. The summed E-state index contributed by atoms with van der Waals surface area (Å²) >= 11 is 5.22. The van der Waals surface area contributed by atoms with Crippen molar-refractivity contribution in [2.45, 2.75) is 24.1 Å². The lowest BCUT2D eigenvalue weighted by Crippen LogP contribution is -2.46. The van der Waals surface area contributed by atoms with E-state index in [9.17, 15) is 9.90 Å². The van der Waals surface area contributed by atoms with E-state index in [4.69, 9.17) is 14.6 Å². The Bertz CT molecular complexity index is 1240. The number of carbonyl (C=O) groups excluding carboxylic acids is 1. The molecule has 1 aromatic heterocycles. The van der Waals surface area contributed by atoms with Crippen LogP contribution in [0.3, 0.4) is 0 Å². The number of fused-ring (bicyclic) bond motifs is 1. The van der Waals surface area contributed by atoms with Crippen LogP contribution in [-0.4, -0.2) is 89.7 Å². The number of ether oxygens (including phenoxy) is 2. The highest BCUT2D eigenvalue weighted by Gasteiger charge is 2.28. The number of rotatable bonds is 12. The van der Waals surface area contributed by atoms with Crippen LogP contribution in [-0.2, 0) is 28.8 Å². The summed E-state index contributed by atoms with van der Waals surface area (Å²) in [4.78, 5) is 19.1. The van der Waals surface area contributed by atoms with Gasteiger partial charge in [-0.25, -0.2) is 4.79 Å². The first kappa shape index (κ1) is 31.7. The number of aryl methyl sites for hydroxylation is 1. The van der Waals surface area contributed by atoms with Gasteiger partial charge in [0.05, 0.1) is 42.0 Å². The average Bonchev–Trinajstić information content (AvgIpc) is 3.20. The van der Waals surface area contributed by atoms with Crippen molar-refractivity contribution >= 4 is 57.0 Å². The maximum Gasteiger partial charge on any atom is 0.340 e. The number of thioether (sulfide) groups is 1. The van der Waals surface area contributed by atoms with Crippen molar-refractivity contribution in [3.8, 4) is 5.75 Å². The molecule has 0 saturated carbocycles. The molecule has 0 spiro atoms. The first-order valence-corrected chi connectivity index (χ1v) is 14.7. The van der Waals surface area contributed by atoms with Crippen LogP contribution in [0.5, 0.6) is 5.75 Å². The Morgan fingerprint density at radius 3 is 2.46 bits per heavy atom. The van der Waals surface area contributed by atoms with E-state index in [-0.39, 0.29) is 37.3 Å². The molecule has 0 aliphatic carbocycles. The van der Waals surface area contributed by atoms with Crippen molar-refractivity contribution in [3.63, 3.8) is 0 Å². The highest BCUT2D eigenvalue weighted by Crippen LogP contribution is 2.41. The number of aromatic hydroxyl groups is 1. The molecular weight excluding hydrogens is 606 g/mol. The zero-order valence-corrected chi connectivity index (χ0v) is 25.6. The molecule has 0 bridgehead atoms. The van der Waals surface area contributed by atoms with Crippen molar-refractivity contribution < 1.29 is 24.5 Å². The van der Waals surface area contributed by atoms with Crippen LogP contribution in [0.4, 0.5) is 0 Å². The van der Waals surface area contributed by atoms with E-state index < -0.39 is 0 Å². The number of halogens is 2. The summed E-state index contributed by atoms with van der Waals surface area (Å²) in [6, 6.07) is 12.0. The maximum atomic E-state index is 13.3. The van der Waals surface area contributed by atoms with Crippen molar-refractivity contribution in [1.29, 1.82) is 0 Å². The predicted octanol–water partition coefficient (Wildman–Crippen LogP) is 4.66. The van der Waals surface area contributed by atoms with Crippen LogP contribution in [0.2, 0.25) is 0 Å². The molecule has 1 saturated heterocycles. The third kappa shape index (κ3) is 7.70. The largest absolute Gasteiger partial charge is 0.506 e. The summed E-state index contributed by atoms with van der Waals surface area (Å²) in [7, 11) is 1.97. The summed E-state index contributed by atoms with van der Waals surface area (Å²) in [5, 5.41) is 20.8. The minimum Gasteiger partial charge on any atom is -0.506 e. The number of esters is 1. The van der Waals surface area contributed by atoms with Crippen LogP contribution in [0, 0.1) is 0 Å². The standard InChI is InChI=1S/C28H36BrN3O5S.ClH/c1-3-37-28(35)26-24(19-38-20-7-5-4-6-8-20)30(2)23-17-22(29)27(34)21(25(23)26)18-32-11-9-31(10-12-32)13-15-36-16-14-33;/h4-8,17,33-34H,3,9-16,18-19H2,1-2H3;1H. The molecule has 39 heavy (non-hydrogen) atoms. The van der Waals surface area contributed by atoms with Gasteiger partial charge in [0.15, 0.2) is 0 Å². The second-order valence-electron chi connectivity index (χ2n) is 9.24. The normalized spacial score (nSPS) is 14.5. The first-order valence-electron chi connectivity index (χ1n) is 12.9. The van der Waals surface area contributed by atoms with Crippen LogP contribution in [0.15, 0.2) is 45.8 Å². The molecule has 2 N–H and O–H groups in total. The van der Waals surface area contributed by atoms with Gasteiger partial charge in [-0.1, -0.05) is 18.2 Å². The number of hydrogen-bond acceptors (Lipinski definition) is 8. The number of aromatic nitrogens is 1. The van der Waals surface area contributed by atoms with Crippen LogP contribution >= 0.6 is 40.1 Å². The van der Waals surface area contributed by atoms with Gasteiger partial charge in [-0.3, -0.25) is 9.80 Å². The molecule has 1 aliphatic rings. The average molecular weight is 643 g/mol. The molecule has 0 amide bonds. The Kier molecular flexibility index (Phi) is 12.4. The molecule has 0 unspecified atom stereocenters. The Morgan fingerprint density at radius 2 is 1.79 bits per heavy atom. The fourth-order valence-corrected chi connectivity index (χ4v) is 6.30. The van der Waals surface area contributed by atoms with Gasteiger partial charge < -0.3 is 24.3 Å². The molecular formula is C28H37BrClN3O5S. The summed E-state index contributed by atoms with van der Waals surface area (Å²) in [5.41, 5.74) is 3.03. The van der Waals surface area contributed by atoms with Crippen molar-refractivity contribution in [2.24, 2.45) is 7.05 Å². The van der Waals surface area contributed by atoms with Crippen LogP contribution < -0.4 is 0 Å². The summed E-state index contributed by atoms with van der Waals surface area (Å²) < 4.78 is 13.6. The molecule has 4 rings (SSSR count). The summed E-state index contributed by atoms with van der Waals surface area (Å²) in [5.74, 6) is 0.395. The second kappa shape index (κ2) is 15.3. The lowest BCUT2D eigenvalue weighted by Gasteiger charge is -2.35. The van der Waals surface area contributed by atoms with Gasteiger partial charge in [0, 0.05) is 73.6 Å². The number of piperazine rings is 1. The molecule has 3 aromatic rings. The number of aliphatic hydroxyl groups is 1. The predicted molar refractivity (Wildman–Crippen MR) is 161 cm³/mol. The zero-order chi connectivity index (χ0) is 27.1. The monoisotopic (exact) mass is 641 g/mol. The van der Waals surface area contributed by atoms with Gasteiger partial charge in [0.25, 0.3) is 0 Å². The van der Waals surface area contributed by atoms with Gasteiger partial charge >= 0.3 is 5.97 Å². The molecule has 2 aromatic carbocycles. The maximum absolute atomic E-state index is 13.3. The number of nitrogens with zero attached hydrogens (tertiary/aromatic N) is 3. The van der Waals surface area contributed by atoms with E-state index >= 15 is 0 Å². The molecule has 2 heterocycles. The molecule has 214 valence electrons. The van der Waals surface area contributed by atoms with E-state index in [2.05, 4.69) is 42.4 Å². The van der Waals surface area contributed by atoms with Crippen molar-refractivity contribution in [3.05, 3.63) is 57.7 Å². The van der Waals surface area contributed by atoms with Gasteiger partial charge in [0.2, 0.25) is 0 Å². The van der Waals surface area contributed by atoms with Crippen LogP contribution in [0.1, 0.15) is 28.5 Å². The van der Waals surface area contributed by atoms with Gasteiger partial charge in [-0.15, -0.1) is 24.2 Å². The SMILES string of the molecule is CCOC(=O)c1c(CSc2ccccc2)n(C)c2cc(Br)c(O)c(CN3CCN(CCOCCO)CC3)c12.Cl. The fraction of sp³-hybridized carbons (Fsp3) is 0.464. The molecule has 11 heteroatoms. The summed E-state index contributed by atoms with van der Waals surface area (Å²) in [6.07, 6.45) is 0. The fourth-order valence-electron chi connectivity index (χ4n) is 4.85. The highest BCUT2D eigenvalue weighted by molar-refractivity contribution is 9.10. The number of aliphatic hydroxyl groups excluding tert-OH is 1. The Hall–Kier alpha value is -1.79. The van der Waals surface area contributed by atoms with Gasteiger partial charge in [-0.2, -0.15) is 0 Å². The lowest BCUT2D eigenvalue weighted by atomic mass is 10.0. The topological polar surface area (TPSA) is 87.4 Å². The molecule has 0 atom stereocenters. The first-order chi connectivity index (χ1) is 18.4. The van der Waals surface area contributed by atoms with Gasteiger partial charge in [0.1, 0.15) is 5.75 Å². The third-order valence-corrected chi connectivity index (χ3v) is 8.50. The van der Waals surface area contributed by atoms with E-state index in [0.29, 0.717) is 35.5 Å². The number of hydrogen-bond donors (Lipinski definition) is 2. The van der Waals surface area contributed by atoms with E-state index in [1.54, 1.807) is 11.8 Å². The quantitative estimate of drug-likeness (QED) is 0.168. The Labute approximate surface area is 248 Å². The zero-order valence-electron chi connectivity index (χ0n) is 22.4. The Morgan fingerprint density at radius 1 is 1.10 bits per heavy atom. The Balaban J connectivity index is 0.00000420. The number of carbonyl (C=O) groups is 1. The van der Waals surface area contributed by atoms with Gasteiger partial charge in [-0.05, 0) is 41.1 Å². The van der Waals surface area contributed by atoms with Crippen LogP contribution in [0.25, 0.3) is 10.9 Å². The van der Waals surface area contributed by atoms with E-state index in [1.165, 1.54) is 0 Å². The second-order valence-corrected chi connectivity index (χ2v) is 11.1. The molecule has 0 radical (unpaired) electrons. The molecule has 1 aliphatic heterocycles. The number of phenolic OH excluding ortho intramolecular Hbond substituents is 1. The smallest absolute Gasteiger partial charge is 0.340 e. The van der Waals surface area contributed by atoms with E-state index in [0.717, 1.165) is 59.8 Å². The van der Waals surface area contributed by atoms with Crippen molar-refractivity contribution in [1.82, 2.24) is 14.4 Å². The van der Waals surface area contributed by atoms with E-state index in [1.807, 2.05) is 38.2 Å².